The lowest BCUT2D eigenvalue weighted by Gasteiger charge is -2.44. The van der Waals surface area contributed by atoms with Gasteiger partial charge in [-0.2, -0.15) is 0 Å². The van der Waals surface area contributed by atoms with Crippen molar-refractivity contribution >= 4 is 0 Å². The number of aromatic nitrogens is 2. The van der Waals surface area contributed by atoms with Gasteiger partial charge in [0.05, 0.1) is 0 Å². The second-order valence-corrected chi connectivity index (χ2v) is 4.42. The second-order valence-electron chi connectivity index (χ2n) is 4.42. The SMILES string of the molecule is c1ncc(C2CN3CCC2CC3)cn1. The van der Waals surface area contributed by atoms with Gasteiger partial charge in [0, 0.05) is 24.9 Å². The molecule has 0 spiro atoms. The average molecular weight is 189 g/mol. The van der Waals surface area contributed by atoms with Gasteiger partial charge in [-0.05, 0) is 37.4 Å². The van der Waals surface area contributed by atoms with Crippen LogP contribution in [0.3, 0.4) is 0 Å². The minimum atomic E-state index is 0.693. The van der Waals surface area contributed by atoms with Crippen LogP contribution in [0.2, 0.25) is 0 Å². The Bertz CT molecular complexity index is 304. The zero-order valence-corrected chi connectivity index (χ0v) is 8.26. The number of fused-ring (bicyclic) bond motifs is 3. The summed E-state index contributed by atoms with van der Waals surface area (Å²) in [7, 11) is 0. The molecule has 0 aliphatic carbocycles. The molecule has 3 fully saturated rings. The van der Waals surface area contributed by atoms with Gasteiger partial charge in [0.15, 0.2) is 0 Å². The number of hydrogen-bond acceptors (Lipinski definition) is 3. The molecule has 0 radical (unpaired) electrons. The van der Waals surface area contributed by atoms with Crippen LogP contribution in [0.1, 0.15) is 24.3 Å². The van der Waals surface area contributed by atoms with Gasteiger partial charge in [-0.1, -0.05) is 0 Å². The van der Waals surface area contributed by atoms with E-state index in [1.807, 2.05) is 12.4 Å². The summed E-state index contributed by atoms with van der Waals surface area (Å²) >= 11 is 0. The molecule has 14 heavy (non-hydrogen) atoms. The summed E-state index contributed by atoms with van der Waals surface area (Å²) < 4.78 is 0. The molecule has 1 atom stereocenters. The van der Waals surface area contributed by atoms with Gasteiger partial charge in [0.25, 0.3) is 0 Å². The first-order valence-corrected chi connectivity index (χ1v) is 5.41. The third-order valence-electron chi connectivity index (χ3n) is 3.66. The van der Waals surface area contributed by atoms with E-state index in [0.717, 1.165) is 5.92 Å². The molecule has 3 saturated heterocycles. The Morgan fingerprint density at radius 3 is 2.43 bits per heavy atom. The molecule has 3 nitrogen and oxygen atoms in total. The van der Waals surface area contributed by atoms with Gasteiger partial charge in [-0.15, -0.1) is 0 Å². The molecule has 3 heteroatoms. The fraction of sp³-hybridized carbons (Fsp3) is 0.636. The third kappa shape index (κ3) is 1.32. The maximum absolute atomic E-state index is 4.11. The Balaban J connectivity index is 1.86. The molecule has 0 amide bonds. The maximum atomic E-state index is 4.11. The van der Waals surface area contributed by atoms with Crippen LogP contribution in [0, 0.1) is 5.92 Å². The van der Waals surface area contributed by atoms with E-state index in [1.54, 1.807) is 6.33 Å². The number of nitrogens with zero attached hydrogens (tertiary/aromatic N) is 3. The highest BCUT2D eigenvalue weighted by Gasteiger charge is 2.34. The second kappa shape index (κ2) is 3.31. The van der Waals surface area contributed by atoms with E-state index in [1.165, 1.54) is 38.0 Å². The zero-order chi connectivity index (χ0) is 9.38. The van der Waals surface area contributed by atoms with E-state index < -0.39 is 0 Å². The normalized spacial score (nSPS) is 35.9. The van der Waals surface area contributed by atoms with Crippen LogP contribution < -0.4 is 0 Å². The van der Waals surface area contributed by atoms with Crippen LogP contribution in [0.15, 0.2) is 18.7 Å². The standard InChI is InChI=1S/C11H15N3/c1-3-14-4-2-9(1)11(7-14)10-5-12-8-13-6-10/h5-6,8-9,11H,1-4,7H2. The van der Waals surface area contributed by atoms with Crippen molar-refractivity contribution in [1.82, 2.24) is 14.9 Å². The fourth-order valence-corrected chi connectivity index (χ4v) is 2.84. The van der Waals surface area contributed by atoms with E-state index in [2.05, 4.69) is 14.9 Å². The molecule has 4 heterocycles. The summed E-state index contributed by atoms with van der Waals surface area (Å²) in [6.07, 6.45) is 8.31. The maximum Gasteiger partial charge on any atom is 0.115 e. The van der Waals surface area contributed by atoms with E-state index in [4.69, 9.17) is 0 Å². The Kier molecular flexibility index (Phi) is 1.98. The first-order valence-electron chi connectivity index (χ1n) is 5.41. The largest absolute Gasteiger partial charge is 0.303 e. The van der Waals surface area contributed by atoms with Crippen molar-refractivity contribution in [2.75, 3.05) is 19.6 Å². The van der Waals surface area contributed by atoms with Crippen LogP contribution >= 0.6 is 0 Å². The first kappa shape index (κ1) is 8.36. The third-order valence-corrected chi connectivity index (χ3v) is 3.66. The van der Waals surface area contributed by atoms with Crippen molar-refractivity contribution in [2.45, 2.75) is 18.8 Å². The Hall–Kier alpha value is -0.960. The number of piperidine rings is 3. The average Bonchev–Trinajstić information content (AvgIpc) is 2.32. The van der Waals surface area contributed by atoms with Crippen LogP contribution in [0.25, 0.3) is 0 Å². The summed E-state index contributed by atoms with van der Waals surface area (Å²) in [6, 6.07) is 0. The van der Waals surface area contributed by atoms with E-state index in [9.17, 15) is 0 Å². The molecule has 0 aromatic carbocycles. The lowest BCUT2D eigenvalue weighted by Crippen LogP contribution is -2.46. The predicted octanol–water partition coefficient (Wildman–Crippen LogP) is 1.29. The van der Waals surface area contributed by atoms with Gasteiger partial charge in [0.1, 0.15) is 6.33 Å². The van der Waals surface area contributed by atoms with Crippen molar-refractivity contribution in [3.63, 3.8) is 0 Å². The van der Waals surface area contributed by atoms with Gasteiger partial charge < -0.3 is 4.90 Å². The molecule has 74 valence electrons. The summed E-state index contributed by atoms with van der Waals surface area (Å²) in [5.74, 6) is 1.57. The van der Waals surface area contributed by atoms with Gasteiger partial charge >= 0.3 is 0 Å². The van der Waals surface area contributed by atoms with E-state index in [0.29, 0.717) is 5.92 Å². The first-order chi connectivity index (χ1) is 6.93. The van der Waals surface area contributed by atoms with Crippen molar-refractivity contribution in [3.05, 3.63) is 24.3 Å². The van der Waals surface area contributed by atoms with Crippen LogP contribution in [0.4, 0.5) is 0 Å². The van der Waals surface area contributed by atoms with Crippen molar-refractivity contribution in [1.29, 1.82) is 0 Å². The molecular formula is C11H15N3. The zero-order valence-electron chi connectivity index (χ0n) is 8.26. The summed E-state index contributed by atoms with van der Waals surface area (Å²) in [4.78, 5) is 10.8. The topological polar surface area (TPSA) is 29.0 Å². The Labute approximate surface area is 84.2 Å². The van der Waals surface area contributed by atoms with E-state index >= 15 is 0 Å². The van der Waals surface area contributed by atoms with Crippen LogP contribution in [-0.4, -0.2) is 34.5 Å². The Morgan fingerprint density at radius 2 is 1.86 bits per heavy atom. The lowest BCUT2D eigenvalue weighted by molar-refractivity contribution is 0.0868. The van der Waals surface area contributed by atoms with Crippen LogP contribution in [-0.2, 0) is 0 Å². The molecule has 3 aliphatic rings. The smallest absolute Gasteiger partial charge is 0.115 e. The molecule has 3 aliphatic heterocycles. The van der Waals surface area contributed by atoms with Crippen molar-refractivity contribution in [2.24, 2.45) is 5.92 Å². The van der Waals surface area contributed by atoms with Gasteiger partial charge in [-0.25, -0.2) is 9.97 Å². The molecule has 1 aromatic rings. The molecule has 1 unspecified atom stereocenters. The van der Waals surface area contributed by atoms with Crippen molar-refractivity contribution < 1.29 is 0 Å². The summed E-state index contributed by atoms with van der Waals surface area (Å²) in [5.41, 5.74) is 1.34. The highest BCUT2D eigenvalue weighted by atomic mass is 15.1. The van der Waals surface area contributed by atoms with Crippen LogP contribution in [0.5, 0.6) is 0 Å². The lowest BCUT2D eigenvalue weighted by atomic mass is 9.76. The molecule has 0 N–H and O–H groups in total. The van der Waals surface area contributed by atoms with E-state index in [-0.39, 0.29) is 0 Å². The predicted molar refractivity (Wildman–Crippen MR) is 53.9 cm³/mol. The molecule has 1 aromatic heterocycles. The molecule has 2 bridgehead atoms. The molecule has 4 rings (SSSR count). The number of rotatable bonds is 1. The summed E-state index contributed by atoms with van der Waals surface area (Å²) in [6.45, 7) is 3.82. The minimum Gasteiger partial charge on any atom is -0.303 e. The van der Waals surface area contributed by atoms with Gasteiger partial charge in [0.2, 0.25) is 0 Å². The monoisotopic (exact) mass is 189 g/mol. The fourth-order valence-electron chi connectivity index (χ4n) is 2.84. The highest BCUT2D eigenvalue weighted by molar-refractivity contribution is 5.15. The number of hydrogen-bond donors (Lipinski definition) is 0. The quantitative estimate of drug-likeness (QED) is 0.666. The molecule has 0 saturated carbocycles. The minimum absolute atomic E-state index is 0.693. The van der Waals surface area contributed by atoms with Gasteiger partial charge in [-0.3, -0.25) is 0 Å². The highest BCUT2D eigenvalue weighted by Crippen LogP contribution is 2.38. The summed E-state index contributed by atoms with van der Waals surface area (Å²) in [5, 5.41) is 0. The van der Waals surface area contributed by atoms with Crippen molar-refractivity contribution in [3.8, 4) is 0 Å². The Morgan fingerprint density at radius 1 is 1.14 bits per heavy atom. The molecular weight excluding hydrogens is 174 g/mol.